The summed E-state index contributed by atoms with van der Waals surface area (Å²) >= 11 is 1.67. The smallest absolute Gasteiger partial charge is 0.222 e. The molecule has 1 aromatic heterocycles. The largest absolute Gasteiger partial charge is 0.343 e. The van der Waals surface area contributed by atoms with Gasteiger partial charge < -0.3 is 4.90 Å². The number of piperidine rings is 1. The lowest BCUT2D eigenvalue weighted by Gasteiger charge is -2.30. The zero-order chi connectivity index (χ0) is 21.6. The number of carbonyl (C=O) groups excluding carboxylic acids is 1. The van der Waals surface area contributed by atoms with Gasteiger partial charge in [-0.1, -0.05) is 61.2 Å². The van der Waals surface area contributed by atoms with E-state index in [-0.39, 0.29) is 5.91 Å². The molecule has 2 aromatic carbocycles. The van der Waals surface area contributed by atoms with E-state index in [1.165, 1.54) is 5.56 Å². The summed E-state index contributed by atoms with van der Waals surface area (Å²) in [6.07, 6.45) is 3.70. The third kappa shape index (κ3) is 5.37. The highest BCUT2D eigenvalue weighted by atomic mass is 32.2. The van der Waals surface area contributed by atoms with E-state index in [2.05, 4.69) is 65.0 Å². The SMILES string of the molecule is Cc1cccc(-n2c(SCCCC(=O)N3CCC(C)CC3)nnc2-c2ccccc2)c1. The van der Waals surface area contributed by atoms with E-state index in [1.54, 1.807) is 11.8 Å². The lowest BCUT2D eigenvalue weighted by molar-refractivity contribution is -0.132. The summed E-state index contributed by atoms with van der Waals surface area (Å²) in [6.45, 7) is 6.19. The molecule has 31 heavy (non-hydrogen) atoms. The lowest BCUT2D eigenvalue weighted by Crippen LogP contribution is -2.37. The van der Waals surface area contributed by atoms with Crippen LogP contribution in [-0.4, -0.2) is 44.4 Å². The van der Waals surface area contributed by atoms with Crippen molar-refractivity contribution in [3.05, 3.63) is 60.2 Å². The summed E-state index contributed by atoms with van der Waals surface area (Å²) in [5.74, 6) is 2.71. The first-order valence-electron chi connectivity index (χ1n) is 11.1. The Morgan fingerprint density at radius 1 is 1.06 bits per heavy atom. The Bertz CT molecular complexity index is 1010. The second-order valence-corrected chi connectivity index (χ2v) is 9.42. The fourth-order valence-electron chi connectivity index (χ4n) is 3.94. The van der Waals surface area contributed by atoms with Crippen molar-refractivity contribution in [3.8, 4) is 17.1 Å². The predicted molar refractivity (Wildman–Crippen MR) is 126 cm³/mol. The quantitative estimate of drug-likeness (QED) is 0.370. The molecule has 1 amide bonds. The van der Waals surface area contributed by atoms with Crippen molar-refractivity contribution >= 4 is 17.7 Å². The highest BCUT2D eigenvalue weighted by Gasteiger charge is 2.20. The summed E-state index contributed by atoms with van der Waals surface area (Å²) < 4.78 is 2.13. The van der Waals surface area contributed by atoms with Crippen LogP contribution in [0.4, 0.5) is 0 Å². The average molecular weight is 435 g/mol. The first-order chi connectivity index (χ1) is 15.1. The predicted octanol–water partition coefficient (Wildman–Crippen LogP) is 5.37. The Kier molecular flexibility index (Phi) is 7.07. The standard InChI is InChI=1S/C25H30N4OS/c1-19-13-15-28(16-14-19)23(30)12-7-17-31-25-27-26-24(21-9-4-3-5-10-21)29(25)22-11-6-8-20(2)18-22/h3-6,8-11,18-19H,7,12-17H2,1-2H3. The maximum absolute atomic E-state index is 12.5. The van der Waals surface area contributed by atoms with Crippen molar-refractivity contribution < 1.29 is 4.79 Å². The summed E-state index contributed by atoms with van der Waals surface area (Å²) in [5.41, 5.74) is 3.30. The van der Waals surface area contributed by atoms with Gasteiger partial charge in [0.1, 0.15) is 0 Å². The van der Waals surface area contributed by atoms with E-state index in [1.807, 2.05) is 23.1 Å². The van der Waals surface area contributed by atoms with Crippen LogP contribution in [0, 0.1) is 12.8 Å². The van der Waals surface area contributed by atoms with Crippen LogP contribution in [-0.2, 0) is 4.79 Å². The van der Waals surface area contributed by atoms with Crippen molar-refractivity contribution in [2.75, 3.05) is 18.8 Å². The molecule has 0 radical (unpaired) electrons. The highest BCUT2D eigenvalue weighted by molar-refractivity contribution is 7.99. The van der Waals surface area contributed by atoms with Crippen LogP contribution in [0.1, 0.15) is 38.2 Å². The van der Waals surface area contributed by atoms with Gasteiger partial charge in [-0.25, -0.2) is 0 Å². The van der Waals surface area contributed by atoms with Gasteiger partial charge in [0.2, 0.25) is 5.91 Å². The molecule has 5 nitrogen and oxygen atoms in total. The first kappa shape index (κ1) is 21.6. The Hall–Kier alpha value is -2.60. The number of benzene rings is 2. The van der Waals surface area contributed by atoms with Gasteiger partial charge in [0.25, 0.3) is 0 Å². The van der Waals surface area contributed by atoms with Gasteiger partial charge in [0.15, 0.2) is 11.0 Å². The molecule has 2 heterocycles. The molecule has 0 unspecified atom stereocenters. The molecule has 3 aromatic rings. The van der Waals surface area contributed by atoms with E-state index < -0.39 is 0 Å². The maximum Gasteiger partial charge on any atom is 0.222 e. The normalized spacial score (nSPS) is 14.7. The molecule has 4 rings (SSSR count). The molecular formula is C25H30N4OS. The number of hydrogen-bond donors (Lipinski definition) is 0. The van der Waals surface area contributed by atoms with Crippen molar-refractivity contribution in [2.24, 2.45) is 5.92 Å². The van der Waals surface area contributed by atoms with E-state index >= 15 is 0 Å². The van der Waals surface area contributed by atoms with Crippen LogP contribution in [0.25, 0.3) is 17.1 Å². The second kappa shape index (κ2) is 10.1. The third-order valence-electron chi connectivity index (χ3n) is 5.83. The number of thioether (sulfide) groups is 1. The van der Waals surface area contributed by atoms with Gasteiger partial charge in [-0.2, -0.15) is 0 Å². The molecule has 162 valence electrons. The minimum Gasteiger partial charge on any atom is -0.343 e. The summed E-state index contributed by atoms with van der Waals surface area (Å²) in [4.78, 5) is 14.5. The Morgan fingerprint density at radius 3 is 2.58 bits per heavy atom. The van der Waals surface area contributed by atoms with Crippen molar-refractivity contribution in [1.29, 1.82) is 0 Å². The second-order valence-electron chi connectivity index (χ2n) is 8.36. The molecule has 6 heteroatoms. The minimum atomic E-state index is 0.289. The molecule has 1 aliphatic heterocycles. The highest BCUT2D eigenvalue weighted by Crippen LogP contribution is 2.29. The van der Waals surface area contributed by atoms with Crippen LogP contribution in [0.15, 0.2) is 59.8 Å². The first-order valence-corrected chi connectivity index (χ1v) is 12.1. The van der Waals surface area contributed by atoms with E-state index in [0.29, 0.717) is 6.42 Å². The van der Waals surface area contributed by atoms with E-state index in [4.69, 9.17) is 0 Å². The molecule has 0 bridgehead atoms. The lowest BCUT2D eigenvalue weighted by atomic mass is 9.99. The molecule has 0 N–H and O–H groups in total. The number of carbonyl (C=O) groups is 1. The Morgan fingerprint density at radius 2 is 1.84 bits per heavy atom. The summed E-state index contributed by atoms with van der Waals surface area (Å²) in [5, 5.41) is 9.86. The van der Waals surface area contributed by atoms with E-state index in [9.17, 15) is 4.79 Å². The van der Waals surface area contributed by atoms with Gasteiger partial charge in [0.05, 0.1) is 0 Å². The van der Waals surface area contributed by atoms with Gasteiger partial charge in [0, 0.05) is 36.5 Å². The average Bonchev–Trinajstić information content (AvgIpc) is 3.21. The fourth-order valence-corrected chi connectivity index (χ4v) is 4.83. The zero-order valence-corrected chi connectivity index (χ0v) is 19.1. The van der Waals surface area contributed by atoms with Gasteiger partial charge in [-0.15, -0.1) is 10.2 Å². The van der Waals surface area contributed by atoms with Gasteiger partial charge in [-0.3, -0.25) is 9.36 Å². The molecule has 0 saturated carbocycles. The number of likely N-dealkylation sites (tertiary alicyclic amines) is 1. The number of aryl methyl sites for hydroxylation is 1. The van der Waals surface area contributed by atoms with Crippen LogP contribution in [0.5, 0.6) is 0 Å². The number of hydrogen-bond acceptors (Lipinski definition) is 4. The number of nitrogens with zero attached hydrogens (tertiary/aromatic N) is 4. The van der Waals surface area contributed by atoms with Crippen LogP contribution >= 0.6 is 11.8 Å². The molecular weight excluding hydrogens is 404 g/mol. The monoisotopic (exact) mass is 434 g/mol. The van der Waals surface area contributed by atoms with Crippen LogP contribution < -0.4 is 0 Å². The van der Waals surface area contributed by atoms with Crippen molar-refractivity contribution in [2.45, 2.75) is 44.7 Å². The van der Waals surface area contributed by atoms with Gasteiger partial charge in [-0.05, 0) is 49.8 Å². The molecule has 0 aliphatic carbocycles. The van der Waals surface area contributed by atoms with Crippen LogP contribution in [0.3, 0.4) is 0 Å². The van der Waals surface area contributed by atoms with E-state index in [0.717, 1.165) is 66.3 Å². The molecule has 1 fully saturated rings. The fraction of sp³-hybridized carbons (Fsp3) is 0.400. The maximum atomic E-state index is 12.5. The Labute approximate surface area is 188 Å². The molecule has 1 saturated heterocycles. The van der Waals surface area contributed by atoms with Gasteiger partial charge >= 0.3 is 0 Å². The number of amides is 1. The topological polar surface area (TPSA) is 51.0 Å². The summed E-state index contributed by atoms with van der Waals surface area (Å²) in [6, 6.07) is 18.6. The zero-order valence-electron chi connectivity index (χ0n) is 18.3. The third-order valence-corrected chi connectivity index (χ3v) is 6.84. The minimum absolute atomic E-state index is 0.289. The number of aromatic nitrogens is 3. The molecule has 0 atom stereocenters. The molecule has 1 aliphatic rings. The number of rotatable bonds is 7. The van der Waals surface area contributed by atoms with Crippen molar-refractivity contribution in [1.82, 2.24) is 19.7 Å². The molecule has 0 spiro atoms. The van der Waals surface area contributed by atoms with Crippen molar-refractivity contribution in [3.63, 3.8) is 0 Å². The summed E-state index contributed by atoms with van der Waals surface area (Å²) in [7, 11) is 0. The Balaban J connectivity index is 1.45. The van der Waals surface area contributed by atoms with Crippen LogP contribution in [0.2, 0.25) is 0 Å².